The van der Waals surface area contributed by atoms with Crippen LogP contribution < -0.4 is 0 Å². The highest BCUT2D eigenvalue weighted by molar-refractivity contribution is 7.90. The van der Waals surface area contributed by atoms with E-state index in [4.69, 9.17) is 0 Å². The molecule has 0 atom stereocenters. The van der Waals surface area contributed by atoms with Crippen LogP contribution in [0.4, 0.5) is 0 Å². The Morgan fingerprint density at radius 1 is 1.11 bits per heavy atom. The van der Waals surface area contributed by atoms with Crippen LogP contribution in [-0.2, 0) is 21.1 Å². The second-order valence-electron chi connectivity index (χ2n) is 4.76. The van der Waals surface area contributed by atoms with Gasteiger partial charge in [0.05, 0.1) is 5.75 Å². The summed E-state index contributed by atoms with van der Waals surface area (Å²) in [7, 11) is -2.94. The highest BCUT2D eigenvalue weighted by Gasteiger charge is 2.06. The molecule has 0 saturated carbocycles. The number of aryl methyl sites for hydroxylation is 2. The van der Waals surface area contributed by atoms with Crippen LogP contribution in [0.15, 0.2) is 24.3 Å². The topological polar surface area (TPSA) is 51.2 Å². The van der Waals surface area contributed by atoms with E-state index in [2.05, 4.69) is 0 Å². The Bertz CT molecular complexity index is 486. The molecule has 1 aromatic rings. The van der Waals surface area contributed by atoms with Crippen molar-refractivity contribution in [1.29, 1.82) is 0 Å². The molecule has 100 valence electrons. The Morgan fingerprint density at radius 3 is 2.28 bits per heavy atom. The normalized spacial score (nSPS) is 11.4. The SMILES string of the molecule is Cc1ccc(CCC(=O)CCCS(C)(=O)=O)cc1. The lowest BCUT2D eigenvalue weighted by Gasteiger charge is -2.02. The van der Waals surface area contributed by atoms with Crippen LogP contribution in [0.2, 0.25) is 0 Å². The van der Waals surface area contributed by atoms with Gasteiger partial charge in [0.15, 0.2) is 0 Å². The zero-order valence-electron chi connectivity index (χ0n) is 11.0. The van der Waals surface area contributed by atoms with E-state index in [1.165, 1.54) is 11.8 Å². The number of hydrogen-bond donors (Lipinski definition) is 0. The molecule has 0 N–H and O–H groups in total. The third kappa shape index (κ3) is 6.55. The summed E-state index contributed by atoms with van der Waals surface area (Å²) in [4.78, 5) is 11.6. The van der Waals surface area contributed by atoms with Gasteiger partial charge in [0.1, 0.15) is 15.6 Å². The molecule has 0 unspecified atom stereocenters. The molecule has 18 heavy (non-hydrogen) atoms. The van der Waals surface area contributed by atoms with Crippen LogP contribution in [-0.4, -0.2) is 26.2 Å². The van der Waals surface area contributed by atoms with Gasteiger partial charge in [-0.3, -0.25) is 4.79 Å². The quantitative estimate of drug-likeness (QED) is 0.762. The van der Waals surface area contributed by atoms with Crippen molar-refractivity contribution >= 4 is 15.6 Å². The van der Waals surface area contributed by atoms with E-state index in [-0.39, 0.29) is 11.5 Å². The van der Waals surface area contributed by atoms with Crippen LogP contribution >= 0.6 is 0 Å². The summed E-state index contributed by atoms with van der Waals surface area (Å²) in [6, 6.07) is 8.12. The van der Waals surface area contributed by atoms with Crippen LogP contribution in [0.25, 0.3) is 0 Å². The average molecular weight is 268 g/mol. The van der Waals surface area contributed by atoms with Crippen LogP contribution in [0.3, 0.4) is 0 Å². The van der Waals surface area contributed by atoms with Gasteiger partial charge in [0.25, 0.3) is 0 Å². The second kappa shape index (κ2) is 6.69. The minimum atomic E-state index is -2.94. The maximum absolute atomic E-state index is 11.6. The standard InChI is InChI=1S/C14H20O3S/c1-12-5-7-13(8-6-12)9-10-14(15)4-3-11-18(2,16)17/h5-8H,3-4,9-11H2,1-2H3. The summed E-state index contributed by atoms with van der Waals surface area (Å²) in [5.74, 6) is 0.239. The van der Waals surface area contributed by atoms with Crippen molar-refractivity contribution in [2.75, 3.05) is 12.0 Å². The Kier molecular flexibility index (Phi) is 5.54. The van der Waals surface area contributed by atoms with E-state index >= 15 is 0 Å². The molecule has 0 amide bonds. The van der Waals surface area contributed by atoms with Gasteiger partial charge in [0.2, 0.25) is 0 Å². The van der Waals surface area contributed by atoms with Crippen molar-refractivity contribution in [2.24, 2.45) is 0 Å². The van der Waals surface area contributed by atoms with Crippen LogP contribution in [0.1, 0.15) is 30.4 Å². The highest BCUT2D eigenvalue weighted by atomic mass is 32.2. The van der Waals surface area contributed by atoms with E-state index in [0.717, 1.165) is 12.0 Å². The molecule has 0 spiro atoms. The summed E-state index contributed by atoms with van der Waals surface area (Å²) in [6.07, 6.45) is 3.22. The summed E-state index contributed by atoms with van der Waals surface area (Å²) in [5.41, 5.74) is 2.36. The molecule has 0 aliphatic heterocycles. The molecular weight excluding hydrogens is 248 g/mol. The van der Waals surface area contributed by atoms with Crippen LogP contribution in [0.5, 0.6) is 0 Å². The van der Waals surface area contributed by atoms with Gasteiger partial charge in [0, 0.05) is 19.1 Å². The number of rotatable bonds is 7. The fourth-order valence-electron chi connectivity index (χ4n) is 1.70. The van der Waals surface area contributed by atoms with Gasteiger partial charge in [-0.1, -0.05) is 29.8 Å². The first-order valence-electron chi connectivity index (χ1n) is 6.12. The predicted octanol–water partition coefficient (Wildman–Crippen LogP) is 2.32. The average Bonchev–Trinajstić information content (AvgIpc) is 2.26. The number of ketones is 1. The van der Waals surface area contributed by atoms with Crippen molar-refractivity contribution in [1.82, 2.24) is 0 Å². The number of Topliss-reactive ketones (excluding diaryl/α,β-unsaturated/α-hetero) is 1. The Balaban J connectivity index is 2.27. The summed E-state index contributed by atoms with van der Waals surface area (Å²) >= 11 is 0. The fourth-order valence-corrected chi connectivity index (χ4v) is 2.36. The molecule has 0 radical (unpaired) electrons. The fraction of sp³-hybridized carbons (Fsp3) is 0.500. The lowest BCUT2D eigenvalue weighted by Crippen LogP contribution is -2.07. The van der Waals surface area contributed by atoms with E-state index in [1.807, 2.05) is 31.2 Å². The first-order valence-corrected chi connectivity index (χ1v) is 8.18. The molecule has 1 rings (SSSR count). The summed E-state index contributed by atoms with van der Waals surface area (Å²) in [6.45, 7) is 2.03. The molecule has 0 fully saturated rings. The minimum absolute atomic E-state index is 0.100. The molecule has 0 aliphatic carbocycles. The van der Waals surface area contributed by atoms with Gasteiger partial charge < -0.3 is 0 Å². The number of carbonyl (C=O) groups excluding carboxylic acids is 1. The summed E-state index contributed by atoms with van der Waals surface area (Å²) < 4.78 is 21.8. The van der Waals surface area contributed by atoms with Gasteiger partial charge in [-0.05, 0) is 25.3 Å². The third-order valence-electron chi connectivity index (χ3n) is 2.78. The zero-order valence-corrected chi connectivity index (χ0v) is 11.8. The molecule has 4 heteroatoms. The minimum Gasteiger partial charge on any atom is -0.300 e. The van der Waals surface area contributed by atoms with Crippen molar-refractivity contribution in [3.63, 3.8) is 0 Å². The molecule has 0 aromatic heterocycles. The number of hydrogen-bond acceptors (Lipinski definition) is 3. The van der Waals surface area contributed by atoms with Gasteiger partial charge in [-0.2, -0.15) is 0 Å². The largest absolute Gasteiger partial charge is 0.300 e. The predicted molar refractivity (Wildman–Crippen MR) is 73.5 cm³/mol. The molecule has 3 nitrogen and oxygen atoms in total. The maximum Gasteiger partial charge on any atom is 0.147 e. The third-order valence-corrected chi connectivity index (χ3v) is 3.81. The van der Waals surface area contributed by atoms with E-state index in [1.54, 1.807) is 0 Å². The first-order chi connectivity index (χ1) is 8.37. The Hall–Kier alpha value is -1.16. The van der Waals surface area contributed by atoms with Crippen molar-refractivity contribution in [3.8, 4) is 0 Å². The molecule has 0 aliphatic rings. The molecular formula is C14H20O3S. The Morgan fingerprint density at radius 2 is 1.72 bits per heavy atom. The monoisotopic (exact) mass is 268 g/mol. The van der Waals surface area contributed by atoms with Crippen molar-refractivity contribution in [2.45, 2.75) is 32.6 Å². The Labute approximate surface area is 109 Å². The van der Waals surface area contributed by atoms with Gasteiger partial charge in [-0.25, -0.2) is 8.42 Å². The number of sulfone groups is 1. The highest BCUT2D eigenvalue weighted by Crippen LogP contribution is 2.07. The van der Waals surface area contributed by atoms with E-state index in [9.17, 15) is 13.2 Å². The number of benzene rings is 1. The molecule has 0 heterocycles. The molecule has 0 bridgehead atoms. The van der Waals surface area contributed by atoms with Crippen molar-refractivity contribution < 1.29 is 13.2 Å². The number of carbonyl (C=O) groups is 1. The maximum atomic E-state index is 11.6. The second-order valence-corrected chi connectivity index (χ2v) is 7.02. The lowest BCUT2D eigenvalue weighted by atomic mass is 10.0. The van der Waals surface area contributed by atoms with Gasteiger partial charge >= 0.3 is 0 Å². The summed E-state index contributed by atoms with van der Waals surface area (Å²) in [5, 5.41) is 0. The molecule has 0 saturated heterocycles. The zero-order chi connectivity index (χ0) is 13.6. The lowest BCUT2D eigenvalue weighted by molar-refractivity contribution is -0.119. The molecule has 1 aromatic carbocycles. The van der Waals surface area contributed by atoms with Crippen LogP contribution in [0, 0.1) is 6.92 Å². The smallest absolute Gasteiger partial charge is 0.147 e. The first kappa shape index (κ1) is 14.9. The van der Waals surface area contributed by atoms with E-state index < -0.39 is 9.84 Å². The van der Waals surface area contributed by atoms with E-state index in [0.29, 0.717) is 19.3 Å². The van der Waals surface area contributed by atoms with Crippen molar-refractivity contribution in [3.05, 3.63) is 35.4 Å². The van der Waals surface area contributed by atoms with Gasteiger partial charge in [-0.15, -0.1) is 0 Å².